The third-order valence-corrected chi connectivity index (χ3v) is 1.45. The van der Waals surface area contributed by atoms with E-state index >= 15 is 0 Å². The Morgan fingerprint density at radius 2 is 2.15 bits per heavy atom. The van der Waals surface area contributed by atoms with Crippen molar-refractivity contribution < 1.29 is 15.9 Å². The van der Waals surface area contributed by atoms with Gasteiger partial charge in [0.25, 0.3) is 0 Å². The summed E-state index contributed by atoms with van der Waals surface area (Å²) in [6, 6.07) is -0.646. The summed E-state index contributed by atoms with van der Waals surface area (Å²) in [6.45, 7) is 0. The third-order valence-electron chi connectivity index (χ3n) is 1.07. The van der Waals surface area contributed by atoms with Crippen LogP contribution >= 0.6 is 15.9 Å². The molecule has 0 bridgehead atoms. The zero-order valence-corrected chi connectivity index (χ0v) is 7.49. The quantitative estimate of drug-likeness (QED) is 0.666. The molecule has 1 aromatic heterocycles. The summed E-state index contributed by atoms with van der Waals surface area (Å²) < 4.78 is 51.0. The second-order valence-corrected chi connectivity index (χ2v) is 2.74. The van der Waals surface area contributed by atoms with E-state index in [1.54, 1.807) is 0 Å². The monoisotopic (exact) mass is 252 g/mol. The van der Waals surface area contributed by atoms with Gasteiger partial charge in [0.1, 0.15) is 16.4 Å². The Balaban J connectivity index is 3.64. The van der Waals surface area contributed by atoms with Crippen LogP contribution in [0.1, 0.15) is 14.0 Å². The highest BCUT2D eigenvalue weighted by atomic mass is 79.9. The average molecular weight is 253 g/mol. The molecule has 0 aromatic carbocycles. The first kappa shape index (κ1) is 7.33. The van der Waals surface area contributed by atoms with Crippen LogP contribution in [0, 0.1) is 11.3 Å². The molecule has 0 spiro atoms. The van der Waals surface area contributed by atoms with E-state index in [9.17, 15) is 13.2 Å². The van der Waals surface area contributed by atoms with Crippen LogP contribution in [-0.4, -0.2) is 4.98 Å². The van der Waals surface area contributed by atoms with E-state index in [1.165, 1.54) is 6.07 Å². The lowest BCUT2D eigenvalue weighted by Crippen LogP contribution is -2.06. The lowest BCUT2D eigenvalue weighted by molar-refractivity contribution is -0.137. The van der Waals surface area contributed by atoms with Gasteiger partial charge in [-0.2, -0.15) is 18.4 Å². The maximum absolute atomic E-state index is 12.4. The van der Waals surface area contributed by atoms with Crippen LogP contribution in [0.15, 0.2) is 16.7 Å². The van der Waals surface area contributed by atoms with Gasteiger partial charge >= 0.3 is 6.18 Å². The fourth-order valence-electron chi connectivity index (χ4n) is 0.602. The topological polar surface area (TPSA) is 36.7 Å². The zero-order chi connectivity index (χ0) is 11.8. The maximum atomic E-state index is 12.4. The molecule has 0 fully saturated rings. The lowest BCUT2D eigenvalue weighted by atomic mass is 10.2. The third kappa shape index (κ3) is 2.42. The van der Waals surface area contributed by atoms with Crippen molar-refractivity contribution in [3.05, 3.63) is 27.9 Å². The molecule has 0 radical (unpaired) electrons. The van der Waals surface area contributed by atoms with Crippen molar-refractivity contribution in [3.8, 4) is 6.07 Å². The Morgan fingerprint density at radius 1 is 1.54 bits per heavy atom. The first-order valence-electron chi connectivity index (χ1n) is 3.93. The molecule has 2 nitrogen and oxygen atoms in total. The summed E-state index contributed by atoms with van der Waals surface area (Å²) in [7, 11) is 0. The normalized spacial score (nSPS) is 13.2. The SMILES string of the molecule is [2H]c1c(Br)nc(C#N)c([2H])c1C(F)(F)F. The van der Waals surface area contributed by atoms with Crippen LogP contribution in [0.5, 0.6) is 0 Å². The van der Waals surface area contributed by atoms with Crippen molar-refractivity contribution in [3.63, 3.8) is 0 Å². The predicted molar refractivity (Wildman–Crippen MR) is 41.7 cm³/mol. The van der Waals surface area contributed by atoms with Crippen LogP contribution in [-0.2, 0) is 6.18 Å². The van der Waals surface area contributed by atoms with Crippen molar-refractivity contribution in [1.82, 2.24) is 4.98 Å². The van der Waals surface area contributed by atoms with E-state index in [1.807, 2.05) is 0 Å². The largest absolute Gasteiger partial charge is 0.416 e. The molecule has 68 valence electrons. The Hall–Kier alpha value is -1.09. The molecule has 1 aromatic rings. The highest BCUT2D eigenvalue weighted by Crippen LogP contribution is 2.30. The molecule has 0 saturated heterocycles. The van der Waals surface area contributed by atoms with Gasteiger partial charge in [-0.1, -0.05) is 0 Å². The molecule has 0 N–H and O–H groups in total. The second-order valence-electron chi connectivity index (χ2n) is 1.99. The number of halogens is 4. The van der Waals surface area contributed by atoms with Crippen LogP contribution in [0.3, 0.4) is 0 Å². The summed E-state index contributed by atoms with van der Waals surface area (Å²) in [5, 5.41) is 8.44. The lowest BCUT2D eigenvalue weighted by Gasteiger charge is -2.06. The Labute approximate surface area is 82.9 Å². The molecule has 1 heterocycles. The molecular weight excluding hydrogens is 249 g/mol. The summed E-state index contributed by atoms with van der Waals surface area (Å²) in [6.07, 6.45) is -4.84. The van der Waals surface area contributed by atoms with Gasteiger partial charge in [0.2, 0.25) is 0 Å². The number of hydrogen-bond acceptors (Lipinski definition) is 2. The Kier molecular flexibility index (Phi) is 1.88. The average Bonchev–Trinajstić information content (AvgIpc) is 2.09. The van der Waals surface area contributed by atoms with Gasteiger partial charge in [0, 0.05) is 0 Å². The fourth-order valence-corrected chi connectivity index (χ4v) is 0.977. The highest BCUT2D eigenvalue weighted by molar-refractivity contribution is 9.10. The van der Waals surface area contributed by atoms with E-state index in [-0.39, 0.29) is 0 Å². The van der Waals surface area contributed by atoms with E-state index in [4.69, 9.17) is 8.00 Å². The van der Waals surface area contributed by atoms with Crippen LogP contribution in [0.25, 0.3) is 0 Å². The van der Waals surface area contributed by atoms with Crippen molar-refractivity contribution in [2.24, 2.45) is 0 Å². The van der Waals surface area contributed by atoms with Crippen LogP contribution in [0.4, 0.5) is 13.2 Å². The van der Waals surface area contributed by atoms with Crippen molar-refractivity contribution in [2.45, 2.75) is 6.18 Å². The number of pyridine rings is 1. The summed E-state index contributed by atoms with van der Waals surface area (Å²) in [4.78, 5) is 3.35. The van der Waals surface area contributed by atoms with Gasteiger partial charge in [-0.25, -0.2) is 4.98 Å². The molecule has 0 aliphatic carbocycles. The number of nitrogens with zero attached hydrogens (tertiary/aromatic N) is 2. The molecule has 13 heavy (non-hydrogen) atoms. The minimum absolute atomic E-state index is 0.401. The summed E-state index contributed by atoms with van der Waals surface area (Å²) in [5.41, 5.74) is -2.12. The molecule has 0 atom stereocenters. The minimum Gasteiger partial charge on any atom is -0.230 e. The van der Waals surface area contributed by atoms with E-state index in [2.05, 4.69) is 20.9 Å². The Bertz CT molecular complexity index is 453. The van der Waals surface area contributed by atoms with Gasteiger partial charge in [0.05, 0.1) is 8.30 Å². The number of aromatic nitrogens is 1. The molecule has 0 aliphatic heterocycles. The smallest absolute Gasteiger partial charge is 0.230 e. The molecule has 0 amide bonds. The molecule has 6 heteroatoms. The second kappa shape index (κ2) is 3.34. The van der Waals surface area contributed by atoms with Crippen molar-refractivity contribution in [1.29, 1.82) is 5.26 Å². The highest BCUT2D eigenvalue weighted by Gasteiger charge is 2.31. The van der Waals surface area contributed by atoms with Gasteiger partial charge in [0.15, 0.2) is 0 Å². The van der Waals surface area contributed by atoms with Gasteiger partial charge in [-0.15, -0.1) is 0 Å². The standard InChI is InChI=1S/C7H2BrF3N2/c8-6-2-4(7(9,10)11)1-5(3-12)13-6/h1-2H/i1D,2D. The van der Waals surface area contributed by atoms with Gasteiger partial charge in [-0.3, -0.25) is 0 Å². The van der Waals surface area contributed by atoms with E-state index in [0.29, 0.717) is 0 Å². The minimum atomic E-state index is -4.84. The molecule has 0 aliphatic rings. The molecular formula is C7H2BrF3N2. The predicted octanol–water partition coefficient (Wildman–Crippen LogP) is 2.73. The van der Waals surface area contributed by atoms with Gasteiger partial charge in [-0.05, 0) is 28.0 Å². The summed E-state index contributed by atoms with van der Waals surface area (Å²) in [5.74, 6) is 0. The zero-order valence-electron chi connectivity index (χ0n) is 7.91. The number of nitriles is 1. The van der Waals surface area contributed by atoms with Crippen LogP contribution in [0.2, 0.25) is 0 Å². The molecule has 0 saturated carbocycles. The van der Waals surface area contributed by atoms with E-state index < -0.39 is 34.1 Å². The molecule has 1 rings (SSSR count). The fraction of sp³-hybridized carbons (Fsp3) is 0.143. The maximum Gasteiger partial charge on any atom is 0.416 e. The first-order valence-corrected chi connectivity index (χ1v) is 3.72. The van der Waals surface area contributed by atoms with Crippen molar-refractivity contribution in [2.75, 3.05) is 0 Å². The van der Waals surface area contributed by atoms with Crippen LogP contribution < -0.4 is 0 Å². The number of hydrogen-bond donors (Lipinski definition) is 0. The number of rotatable bonds is 0. The summed E-state index contributed by atoms with van der Waals surface area (Å²) >= 11 is 2.63. The van der Waals surface area contributed by atoms with Gasteiger partial charge < -0.3 is 0 Å². The molecule has 0 unspecified atom stereocenters. The van der Waals surface area contributed by atoms with Crippen molar-refractivity contribution >= 4 is 15.9 Å². The number of alkyl halides is 3. The van der Waals surface area contributed by atoms with E-state index in [0.717, 1.165) is 0 Å². The first-order chi connectivity index (χ1) is 6.79. The Morgan fingerprint density at radius 3 is 2.62 bits per heavy atom.